The van der Waals surface area contributed by atoms with Crippen LogP contribution in [0, 0.1) is 5.92 Å². The monoisotopic (exact) mass is 245 g/mol. The van der Waals surface area contributed by atoms with Gasteiger partial charge in [-0.2, -0.15) is 0 Å². The first-order valence-electron chi connectivity index (χ1n) is 6.29. The van der Waals surface area contributed by atoms with E-state index in [4.69, 9.17) is 9.73 Å². The Bertz CT molecular complexity index is 467. The smallest absolute Gasteiger partial charge is 0.302 e. The second-order valence-electron chi connectivity index (χ2n) is 5.25. The molecule has 1 heterocycles. The number of hydrogen-bond donors (Lipinski definition) is 0. The summed E-state index contributed by atoms with van der Waals surface area (Å²) in [4.78, 5) is 15.7. The molecule has 18 heavy (non-hydrogen) atoms. The largest absolute Gasteiger partial charge is 0.463 e. The highest BCUT2D eigenvalue weighted by Crippen LogP contribution is 2.32. The molecule has 0 aromatic heterocycles. The predicted octanol–water partition coefficient (Wildman–Crippen LogP) is 2.84. The molecule has 0 bridgehead atoms. The average Bonchev–Trinajstić information content (AvgIpc) is 2.64. The molecule has 1 aromatic carbocycles. The van der Waals surface area contributed by atoms with E-state index in [-0.39, 0.29) is 11.5 Å². The van der Waals surface area contributed by atoms with Crippen LogP contribution in [0.5, 0.6) is 0 Å². The van der Waals surface area contributed by atoms with E-state index in [0.29, 0.717) is 12.5 Å². The molecule has 0 fully saturated rings. The van der Waals surface area contributed by atoms with Gasteiger partial charge in [0.05, 0.1) is 5.54 Å². The second-order valence-corrected chi connectivity index (χ2v) is 5.25. The van der Waals surface area contributed by atoms with Crippen molar-refractivity contribution in [3.05, 3.63) is 35.9 Å². The first-order chi connectivity index (χ1) is 8.50. The molecule has 0 saturated heterocycles. The fourth-order valence-electron chi connectivity index (χ4n) is 2.51. The van der Waals surface area contributed by atoms with Gasteiger partial charge in [-0.25, -0.2) is 0 Å². The number of nitrogens with zero attached hydrogens (tertiary/aromatic N) is 1. The van der Waals surface area contributed by atoms with Gasteiger partial charge in [0.15, 0.2) is 0 Å². The number of rotatable bonds is 3. The molecule has 0 radical (unpaired) electrons. The summed E-state index contributed by atoms with van der Waals surface area (Å²) in [6.07, 6.45) is 0.921. The van der Waals surface area contributed by atoms with E-state index < -0.39 is 0 Å². The molecule has 2 unspecified atom stereocenters. The minimum atomic E-state index is -0.281. The molecule has 1 aliphatic heterocycles. The fourth-order valence-corrected chi connectivity index (χ4v) is 2.51. The Kier molecular flexibility index (Phi) is 3.50. The van der Waals surface area contributed by atoms with Crippen LogP contribution in [-0.2, 0) is 9.53 Å². The third-order valence-electron chi connectivity index (χ3n) is 3.26. The van der Waals surface area contributed by atoms with Crippen molar-refractivity contribution in [2.45, 2.75) is 32.7 Å². The molecule has 3 nitrogen and oxygen atoms in total. The third kappa shape index (κ3) is 2.78. The van der Waals surface area contributed by atoms with Crippen LogP contribution in [0.4, 0.5) is 0 Å². The van der Waals surface area contributed by atoms with Gasteiger partial charge in [-0.3, -0.25) is 9.79 Å². The molecule has 0 saturated carbocycles. The van der Waals surface area contributed by atoms with E-state index in [1.165, 1.54) is 6.92 Å². The van der Waals surface area contributed by atoms with Gasteiger partial charge in [0.2, 0.25) is 0 Å². The second kappa shape index (κ2) is 4.92. The molecule has 96 valence electrons. The Balaban J connectivity index is 2.19. The molecular weight excluding hydrogens is 226 g/mol. The topological polar surface area (TPSA) is 38.7 Å². The zero-order valence-corrected chi connectivity index (χ0v) is 11.1. The summed E-state index contributed by atoms with van der Waals surface area (Å²) < 4.78 is 5.12. The van der Waals surface area contributed by atoms with Crippen molar-refractivity contribution in [3.8, 4) is 0 Å². The molecule has 2 atom stereocenters. The lowest BCUT2D eigenvalue weighted by Gasteiger charge is -2.20. The number of esters is 1. The van der Waals surface area contributed by atoms with Gasteiger partial charge >= 0.3 is 5.97 Å². The first kappa shape index (κ1) is 12.8. The van der Waals surface area contributed by atoms with E-state index in [9.17, 15) is 4.79 Å². The maximum atomic E-state index is 10.9. The molecule has 1 aromatic rings. The van der Waals surface area contributed by atoms with Gasteiger partial charge in [0.25, 0.3) is 0 Å². The van der Waals surface area contributed by atoms with Crippen molar-refractivity contribution in [1.29, 1.82) is 0 Å². The standard InChI is InChI=1S/C15H19NO2/c1-11-9-15(3,10-18-12(2)17)16-14(11)13-7-5-4-6-8-13/h4-8,11H,9-10H2,1-3H3. The van der Waals surface area contributed by atoms with Crippen LogP contribution < -0.4 is 0 Å². The van der Waals surface area contributed by atoms with E-state index in [2.05, 4.69) is 19.1 Å². The van der Waals surface area contributed by atoms with E-state index in [1.54, 1.807) is 0 Å². The minimum absolute atomic E-state index is 0.243. The number of benzene rings is 1. The highest BCUT2D eigenvalue weighted by Gasteiger charge is 2.36. The van der Waals surface area contributed by atoms with Gasteiger partial charge in [0, 0.05) is 18.6 Å². The zero-order valence-electron chi connectivity index (χ0n) is 11.1. The Morgan fingerprint density at radius 1 is 1.44 bits per heavy atom. The SMILES string of the molecule is CC(=O)OCC1(C)CC(C)C(c2ccccc2)=N1. The Hall–Kier alpha value is -1.64. The van der Waals surface area contributed by atoms with Gasteiger partial charge < -0.3 is 4.74 Å². The summed E-state index contributed by atoms with van der Waals surface area (Å²) in [5, 5.41) is 0. The highest BCUT2D eigenvalue weighted by atomic mass is 16.5. The predicted molar refractivity (Wildman–Crippen MR) is 71.8 cm³/mol. The van der Waals surface area contributed by atoms with E-state index >= 15 is 0 Å². The number of carbonyl (C=O) groups is 1. The lowest BCUT2D eigenvalue weighted by atomic mass is 9.91. The van der Waals surface area contributed by atoms with Crippen LogP contribution >= 0.6 is 0 Å². The van der Waals surface area contributed by atoms with Crippen LogP contribution in [0.2, 0.25) is 0 Å². The van der Waals surface area contributed by atoms with Crippen LogP contribution in [0.3, 0.4) is 0 Å². The normalized spacial score (nSPS) is 26.8. The van der Waals surface area contributed by atoms with Crippen molar-refractivity contribution in [1.82, 2.24) is 0 Å². The molecule has 0 aliphatic carbocycles. The summed E-state index contributed by atoms with van der Waals surface area (Å²) in [6.45, 7) is 6.01. The Morgan fingerprint density at radius 2 is 2.11 bits per heavy atom. The fraction of sp³-hybridized carbons (Fsp3) is 0.467. The Morgan fingerprint density at radius 3 is 2.72 bits per heavy atom. The summed E-state index contributed by atoms with van der Waals surface area (Å²) in [5.41, 5.74) is 2.00. The minimum Gasteiger partial charge on any atom is -0.463 e. The lowest BCUT2D eigenvalue weighted by Crippen LogP contribution is -2.27. The quantitative estimate of drug-likeness (QED) is 0.768. The van der Waals surface area contributed by atoms with Crippen molar-refractivity contribution >= 4 is 11.7 Å². The lowest BCUT2D eigenvalue weighted by molar-refractivity contribution is -0.142. The maximum absolute atomic E-state index is 10.9. The average molecular weight is 245 g/mol. The zero-order chi connectivity index (χ0) is 13.2. The summed E-state index contributed by atoms with van der Waals surface area (Å²) in [6, 6.07) is 10.2. The highest BCUT2D eigenvalue weighted by molar-refractivity contribution is 6.03. The van der Waals surface area contributed by atoms with Gasteiger partial charge in [-0.15, -0.1) is 0 Å². The van der Waals surface area contributed by atoms with Crippen LogP contribution in [0.15, 0.2) is 35.3 Å². The number of ether oxygens (including phenoxy) is 1. The van der Waals surface area contributed by atoms with Crippen LogP contribution in [0.1, 0.15) is 32.8 Å². The van der Waals surface area contributed by atoms with Crippen LogP contribution in [0.25, 0.3) is 0 Å². The number of carbonyl (C=O) groups excluding carboxylic acids is 1. The van der Waals surface area contributed by atoms with Gasteiger partial charge in [0.1, 0.15) is 6.61 Å². The Labute approximate surface area is 108 Å². The molecule has 2 rings (SSSR count). The molecule has 0 N–H and O–H groups in total. The third-order valence-corrected chi connectivity index (χ3v) is 3.26. The first-order valence-corrected chi connectivity index (χ1v) is 6.29. The van der Waals surface area contributed by atoms with Crippen molar-refractivity contribution in [3.63, 3.8) is 0 Å². The molecule has 3 heteroatoms. The van der Waals surface area contributed by atoms with Gasteiger partial charge in [-0.05, 0) is 18.9 Å². The van der Waals surface area contributed by atoms with E-state index in [0.717, 1.165) is 17.7 Å². The number of aliphatic imine (C=N–C) groups is 1. The molecule has 0 spiro atoms. The summed E-state index contributed by atoms with van der Waals surface area (Å²) in [7, 11) is 0. The number of hydrogen-bond acceptors (Lipinski definition) is 3. The van der Waals surface area contributed by atoms with Crippen molar-refractivity contribution in [2.24, 2.45) is 10.9 Å². The molecular formula is C15H19NO2. The molecule has 1 aliphatic rings. The van der Waals surface area contributed by atoms with Gasteiger partial charge in [-0.1, -0.05) is 37.3 Å². The molecule has 0 amide bonds. The summed E-state index contributed by atoms with van der Waals surface area (Å²) >= 11 is 0. The van der Waals surface area contributed by atoms with E-state index in [1.807, 2.05) is 25.1 Å². The summed E-state index contributed by atoms with van der Waals surface area (Å²) in [5.74, 6) is 0.153. The van der Waals surface area contributed by atoms with Crippen molar-refractivity contribution < 1.29 is 9.53 Å². The van der Waals surface area contributed by atoms with Crippen LogP contribution in [-0.4, -0.2) is 23.8 Å². The van der Waals surface area contributed by atoms with Crippen molar-refractivity contribution in [2.75, 3.05) is 6.61 Å². The maximum Gasteiger partial charge on any atom is 0.302 e.